The first-order valence-corrected chi connectivity index (χ1v) is 17.3. The van der Waals surface area contributed by atoms with E-state index < -0.39 is 41.8 Å². The summed E-state index contributed by atoms with van der Waals surface area (Å²) in [5.74, 6) is -0.970. The van der Waals surface area contributed by atoms with Crippen LogP contribution in [0.1, 0.15) is 60.1 Å². The summed E-state index contributed by atoms with van der Waals surface area (Å²) in [4.78, 5) is 19.8. The Kier molecular flexibility index (Phi) is 11.0. The van der Waals surface area contributed by atoms with Crippen LogP contribution in [0.2, 0.25) is 5.02 Å². The number of halogens is 4. The summed E-state index contributed by atoms with van der Waals surface area (Å²) < 4.78 is 59.7. The molecule has 2 aliphatic carbocycles. The van der Waals surface area contributed by atoms with Crippen LogP contribution in [0.3, 0.4) is 0 Å². The van der Waals surface area contributed by atoms with Crippen molar-refractivity contribution in [1.82, 2.24) is 20.6 Å². The van der Waals surface area contributed by atoms with Crippen molar-refractivity contribution in [3.63, 3.8) is 0 Å². The Morgan fingerprint density at radius 1 is 0.942 bits per heavy atom. The molecule has 0 aliphatic heterocycles. The Hall–Kier alpha value is -4.43. The number of carboxylic acids is 1. The number of pyridine rings is 2. The minimum Gasteiger partial charge on any atom is -0.481 e. The largest absolute Gasteiger partial charge is 0.481 e. The number of nitrogens with zero attached hydrogens (tertiary/aromatic N) is 2. The quantitative estimate of drug-likeness (QED) is 0.107. The molecule has 1 saturated carbocycles. The molecule has 2 heterocycles. The van der Waals surface area contributed by atoms with Gasteiger partial charge in [0.2, 0.25) is 17.6 Å². The van der Waals surface area contributed by atoms with Crippen molar-refractivity contribution < 1.29 is 42.4 Å². The molecule has 0 unspecified atom stereocenters. The number of fused-ring (bicyclic) bond motifs is 1. The number of benzene rings is 2. The zero-order chi connectivity index (χ0) is 37.2. The molecule has 0 bridgehead atoms. The molecule has 1 fully saturated rings. The molecule has 52 heavy (non-hydrogen) atoms. The second kappa shape index (κ2) is 15.3. The summed E-state index contributed by atoms with van der Waals surface area (Å²) in [6.45, 7) is 2.56. The zero-order valence-corrected chi connectivity index (χ0v) is 29.7. The lowest BCUT2D eigenvalue weighted by atomic mass is 9.72. The van der Waals surface area contributed by atoms with Crippen LogP contribution < -0.4 is 24.8 Å². The third kappa shape index (κ3) is 8.12. The molecule has 2 aliphatic rings. The Bertz CT molecular complexity index is 1950. The third-order valence-corrected chi connectivity index (χ3v) is 9.90. The van der Waals surface area contributed by atoms with Crippen molar-refractivity contribution in [2.45, 2.75) is 63.6 Å². The van der Waals surface area contributed by atoms with Gasteiger partial charge < -0.3 is 35.1 Å². The highest BCUT2D eigenvalue weighted by molar-refractivity contribution is 6.36. The molecule has 14 heteroatoms. The number of aromatic nitrogens is 2. The number of carboxylic acid groups (broad SMARTS) is 1. The van der Waals surface area contributed by atoms with Crippen LogP contribution in [0.25, 0.3) is 22.4 Å². The third-order valence-electron chi connectivity index (χ3n) is 9.49. The fraction of sp³-hybridized carbons (Fsp3) is 0.395. The fourth-order valence-corrected chi connectivity index (χ4v) is 7.48. The van der Waals surface area contributed by atoms with Gasteiger partial charge in [0.1, 0.15) is 11.7 Å². The number of alkyl halides is 3. The van der Waals surface area contributed by atoms with Gasteiger partial charge in [-0.1, -0.05) is 54.1 Å². The minimum absolute atomic E-state index is 0.0467. The van der Waals surface area contributed by atoms with E-state index >= 15 is 0 Å². The van der Waals surface area contributed by atoms with Gasteiger partial charge in [-0.3, -0.25) is 4.79 Å². The van der Waals surface area contributed by atoms with E-state index in [0.717, 1.165) is 53.3 Å². The van der Waals surface area contributed by atoms with Crippen LogP contribution in [0.4, 0.5) is 13.2 Å². The van der Waals surface area contributed by atoms with Crippen LogP contribution in [0.15, 0.2) is 54.6 Å². The van der Waals surface area contributed by atoms with Gasteiger partial charge in [0.15, 0.2) is 0 Å². The van der Waals surface area contributed by atoms with Crippen LogP contribution in [-0.4, -0.2) is 59.1 Å². The Labute approximate surface area is 304 Å². The lowest BCUT2D eigenvalue weighted by molar-refractivity contribution is -0.140. The maximum absolute atomic E-state index is 14.3. The number of hydrogen-bond donors (Lipinski definition) is 4. The van der Waals surface area contributed by atoms with E-state index in [1.54, 1.807) is 7.11 Å². The average Bonchev–Trinajstić information content (AvgIpc) is 3.50. The Balaban J connectivity index is 1.24. The van der Waals surface area contributed by atoms with Gasteiger partial charge in [0.25, 0.3) is 0 Å². The van der Waals surface area contributed by atoms with E-state index in [4.69, 9.17) is 35.9 Å². The van der Waals surface area contributed by atoms with Crippen molar-refractivity contribution in [1.29, 1.82) is 0 Å². The molecule has 6 rings (SSSR count). The topological polar surface area (TPSA) is 135 Å². The summed E-state index contributed by atoms with van der Waals surface area (Å²) in [5.41, 5.74) is 3.81. The predicted octanol–water partition coefficient (Wildman–Crippen LogP) is 6.99. The van der Waals surface area contributed by atoms with E-state index in [1.165, 1.54) is 7.11 Å². The van der Waals surface area contributed by atoms with E-state index in [-0.39, 0.29) is 18.0 Å². The number of ether oxygens (including phenoxy) is 3. The highest BCUT2D eigenvalue weighted by Crippen LogP contribution is 2.46. The molecule has 276 valence electrons. The number of nitrogens with one attached hydrogen (secondary N) is 2. The SMILES string of the molecule is COc1nc(-c2cccc(-c3cccc4c3CC[C@@H]4Oc3nc(OC)c(CNCC(=O)O)cc3C(F)(F)F)c2Cl)ccc1CNCC1CC(C)(O)C1. The number of aliphatic carboxylic acids is 1. The molecule has 0 spiro atoms. The van der Waals surface area contributed by atoms with Gasteiger partial charge in [0, 0.05) is 35.3 Å². The predicted molar refractivity (Wildman–Crippen MR) is 189 cm³/mol. The second-order valence-electron chi connectivity index (χ2n) is 13.5. The maximum Gasteiger partial charge on any atom is 0.421 e. The van der Waals surface area contributed by atoms with Crippen LogP contribution in [0.5, 0.6) is 17.6 Å². The molecule has 10 nitrogen and oxygen atoms in total. The van der Waals surface area contributed by atoms with Gasteiger partial charge in [0.05, 0.1) is 37.1 Å². The molecule has 1 atom stereocenters. The van der Waals surface area contributed by atoms with E-state index in [0.29, 0.717) is 47.5 Å². The summed E-state index contributed by atoms with van der Waals surface area (Å²) in [6, 6.07) is 16.0. The lowest BCUT2D eigenvalue weighted by Gasteiger charge is -2.41. The highest BCUT2D eigenvalue weighted by Gasteiger charge is 2.39. The first kappa shape index (κ1) is 37.3. The van der Waals surface area contributed by atoms with Crippen molar-refractivity contribution in [2.24, 2.45) is 5.92 Å². The smallest absolute Gasteiger partial charge is 0.421 e. The van der Waals surface area contributed by atoms with Gasteiger partial charge in [-0.15, -0.1) is 0 Å². The number of hydrogen-bond acceptors (Lipinski definition) is 9. The lowest BCUT2D eigenvalue weighted by Crippen LogP contribution is -2.44. The van der Waals surface area contributed by atoms with Crippen LogP contribution in [-0.2, 0) is 30.5 Å². The van der Waals surface area contributed by atoms with Crippen molar-refractivity contribution >= 4 is 17.6 Å². The summed E-state index contributed by atoms with van der Waals surface area (Å²) in [5, 5.41) is 25.4. The number of aliphatic hydroxyl groups is 1. The maximum atomic E-state index is 14.3. The molecule has 4 N–H and O–H groups in total. The van der Waals surface area contributed by atoms with Crippen molar-refractivity contribution in [3.8, 4) is 40.0 Å². The van der Waals surface area contributed by atoms with Gasteiger partial charge in [-0.2, -0.15) is 18.2 Å². The summed E-state index contributed by atoms with van der Waals surface area (Å²) in [6.07, 6.45) is -3.04. The molecular weight excluding hydrogens is 701 g/mol. The van der Waals surface area contributed by atoms with Gasteiger partial charge >= 0.3 is 12.1 Å². The van der Waals surface area contributed by atoms with E-state index in [1.807, 2.05) is 55.5 Å². The van der Waals surface area contributed by atoms with Crippen LogP contribution in [0, 0.1) is 5.92 Å². The fourth-order valence-electron chi connectivity index (χ4n) is 7.16. The Morgan fingerprint density at radius 2 is 1.62 bits per heavy atom. The van der Waals surface area contributed by atoms with Crippen molar-refractivity contribution in [2.75, 3.05) is 27.3 Å². The molecule has 0 saturated heterocycles. The summed E-state index contributed by atoms with van der Waals surface area (Å²) in [7, 11) is 2.84. The monoisotopic (exact) mass is 740 g/mol. The minimum atomic E-state index is -4.79. The standard InChI is InChI=1S/C38H40ClF3N4O6/c1-37(49)15-21(16-37)17-43-18-22-10-12-30(45-34(22)50-2)28-9-5-8-27(33(28)39)24-6-4-7-26-25(24)11-13-31(26)52-36-29(38(40,41)42)14-23(35(46-36)51-3)19-44-20-32(47)48/h4-10,12,14,21,31,43-44,49H,11,13,15-20H2,1-3H3,(H,47,48)/t21?,31-,37?/m0/s1. The van der Waals surface area contributed by atoms with E-state index in [9.17, 15) is 23.1 Å². The normalized spacial score (nSPS) is 19.5. The van der Waals surface area contributed by atoms with Gasteiger partial charge in [-0.05, 0) is 73.9 Å². The number of methoxy groups -OCH3 is 2. The molecular formula is C38H40ClF3N4O6. The zero-order valence-electron chi connectivity index (χ0n) is 28.9. The molecule has 4 aromatic rings. The molecule has 0 amide bonds. The van der Waals surface area contributed by atoms with Crippen LogP contribution >= 0.6 is 11.6 Å². The highest BCUT2D eigenvalue weighted by atomic mass is 35.5. The molecule has 0 radical (unpaired) electrons. The summed E-state index contributed by atoms with van der Waals surface area (Å²) >= 11 is 7.09. The first-order valence-electron chi connectivity index (χ1n) is 16.9. The Morgan fingerprint density at radius 3 is 2.31 bits per heavy atom. The van der Waals surface area contributed by atoms with E-state index in [2.05, 4.69) is 15.6 Å². The van der Waals surface area contributed by atoms with Gasteiger partial charge in [-0.25, -0.2) is 4.98 Å². The number of carbonyl (C=O) groups is 1. The molecule has 2 aromatic carbocycles. The second-order valence-corrected chi connectivity index (χ2v) is 13.8. The average molecular weight is 741 g/mol. The molecule has 2 aromatic heterocycles. The van der Waals surface area contributed by atoms with Crippen molar-refractivity contribution in [3.05, 3.63) is 87.4 Å². The first-order chi connectivity index (χ1) is 24.8. The number of rotatable bonds is 14.